The number of hydrogen-bond donors (Lipinski definition) is 0. The van der Waals surface area contributed by atoms with Crippen molar-refractivity contribution in [3.8, 4) is 16.8 Å². The highest BCUT2D eigenvalue weighted by Gasteiger charge is 2.16. The molecule has 0 atom stereocenters. The summed E-state index contributed by atoms with van der Waals surface area (Å²) >= 11 is 1.89. The molecule has 0 bridgehead atoms. The number of benzene rings is 5. The Bertz CT molecular complexity index is 1830. The lowest BCUT2D eigenvalue weighted by atomic mass is 10.0. The van der Waals surface area contributed by atoms with E-state index < -0.39 is 0 Å². The summed E-state index contributed by atoms with van der Waals surface area (Å²) in [5, 5.41) is 5.26. The summed E-state index contributed by atoms with van der Waals surface area (Å²) in [6.45, 7) is 2.20. The third-order valence-electron chi connectivity index (χ3n) is 6.99. The number of nitrogens with zero attached hydrogens (tertiary/aromatic N) is 1. The van der Waals surface area contributed by atoms with E-state index in [0.29, 0.717) is 0 Å². The van der Waals surface area contributed by atoms with Crippen molar-refractivity contribution >= 4 is 53.3 Å². The zero-order chi connectivity index (χ0) is 22.6. The number of fused-ring (bicyclic) bond motifs is 6. The second-order valence-electron chi connectivity index (χ2n) is 8.89. The predicted octanol–water partition coefficient (Wildman–Crippen LogP) is 9.38. The quantitative estimate of drug-likeness (QED) is 0.251. The predicted molar refractivity (Wildman–Crippen MR) is 148 cm³/mol. The van der Waals surface area contributed by atoms with E-state index in [2.05, 4.69) is 121 Å². The van der Waals surface area contributed by atoms with Gasteiger partial charge in [-0.25, -0.2) is 0 Å². The standard InChI is InChI=1S/C32H23NS/c1-2-21-14-16-22(17-15-21)23-18-19-29-27(20-23)24-8-3-5-11-28(24)33(29)30-12-7-10-26-25-9-4-6-13-31(25)34-32(26)30/h3-20H,2H2,1H3. The molecule has 1 nitrogen and oxygen atoms in total. The number of rotatable bonds is 3. The third-order valence-corrected chi connectivity index (χ3v) is 8.20. The molecule has 0 spiro atoms. The summed E-state index contributed by atoms with van der Waals surface area (Å²) in [6, 6.07) is 40.1. The Morgan fingerprint density at radius 2 is 1.29 bits per heavy atom. The fourth-order valence-corrected chi connectivity index (χ4v) is 6.46. The Balaban J connectivity index is 1.52. The van der Waals surface area contributed by atoms with Crippen LogP contribution in [-0.4, -0.2) is 4.57 Å². The first-order valence-corrected chi connectivity index (χ1v) is 12.7. The first kappa shape index (κ1) is 19.6. The SMILES string of the molecule is CCc1ccc(-c2ccc3c(c2)c2ccccc2n3-c2cccc3c2sc2ccccc23)cc1. The summed E-state index contributed by atoms with van der Waals surface area (Å²) in [4.78, 5) is 0. The lowest BCUT2D eigenvalue weighted by Gasteiger charge is -2.10. The smallest absolute Gasteiger partial charge is 0.0640 e. The molecule has 0 unspecified atom stereocenters. The fraction of sp³-hybridized carbons (Fsp3) is 0.0625. The molecule has 162 valence electrons. The minimum absolute atomic E-state index is 1.07. The maximum absolute atomic E-state index is 2.45. The molecule has 0 aliphatic carbocycles. The first-order chi connectivity index (χ1) is 16.8. The highest BCUT2D eigenvalue weighted by Crippen LogP contribution is 2.41. The molecule has 0 saturated carbocycles. The van der Waals surface area contributed by atoms with Crippen molar-refractivity contribution < 1.29 is 0 Å². The van der Waals surface area contributed by atoms with E-state index in [1.807, 2.05) is 11.3 Å². The molecular formula is C32H23NS. The van der Waals surface area contributed by atoms with Gasteiger partial charge in [-0.05, 0) is 53.4 Å². The molecule has 0 aliphatic rings. The molecule has 7 rings (SSSR count). The summed E-state index contributed by atoms with van der Waals surface area (Å²) < 4.78 is 5.13. The van der Waals surface area contributed by atoms with E-state index in [1.54, 1.807) is 0 Å². The van der Waals surface area contributed by atoms with E-state index in [4.69, 9.17) is 0 Å². The molecule has 0 fully saturated rings. The van der Waals surface area contributed by atoms with Crippen molar-refractivity contribution in [3.05, 3.63) is 115 Å². The fourth-order valence-electron chi connectivity index (χ4n) is 5.25. The molecule has 0 N–H and O–H groups in total. The van der Waals surface area contributed by atoms with Gasteiger partial charge in [0.1, 0.15) is 0 Å². The van der Waals surface area contributed by atoms with Crippen LogP contribution in [0.3, 0.4) is 0 Å². The van der Waals surface area contributed by atoms with Crippen LogP contribution in [0.1, 0.15) is 12.5 Å². The van der Waals surface area contributed by atoms with Crippen molar-refractivity contribution in [2.45, 2.75) is 13.3 Å². The molecule has 2 aromatic heterocycles. The lowest BCUT2D eigenvalue weighted by Crippen LogP contribution is -1.93. The molecule has 0 saturated heterocycles. The molecule has 0 amide bonds. The van der Waals surface area contributed by atoms with Gasteiger partial charge in [-0.3, -0.25) is 0 Å². The Morgan fingerprint density at radius 1 is 0.588 bits per heavy atom. The van der Waals surface area contributed by atoms with Gasteiger partial charge in [-0.15, -0.1) is 11.3 Å². The summed E-state index contributed by atoms with van der Waals surface area (Å²) in [5.74, 6) is 0. The lowest BCUT2D eigenvalue weighted by molar-refractivity contribution is 1.14. The van der Waals surface area contributed by atoms with Crippen LogP contribution in [0.2, 0.25) is 0 Å². The van der Waals surface area contributed by atoms with Crippen LogP contribution in [0.4, 0.5) is 0 Å². The van der Waals surface area contributed by atoms with Crippen LogP contribution < -0.4 is 0 Å². The van der Waals surface area contributed by atoms with Gasteiger partial charge >= 0.3 is 0 Å². The van der Waals surface area contributed by atoms with Gasteiger partial charge in [0.05, 0.1) is 21.4 Å². The molecule has 7 aromatic rings. The van der Waals surface area contributed by atoms with Crippen molar-refractivity contribution in [1.82, 2.24) is 4.57 Å². The molecular weight excluding hydrogens is 430 g/mol. The van der Waals surface area contributed by atoms with Crippen LogP contribution in [0.15, 0.2) is 109 Å². The van der Waals surface area contributed by atoms with Crippen molar-refractivity contribution in [3.63, 3.8) is 0 Å². The van der Waals surface area contributed by atoms with E-state index in [0.717, 1.165) is 6.42 Å². The highest BCUT2D eigenvalue weighted by molar-refractivity contribution is 7.26. The van der Waals surface area contributed by atoms with Gasteiger partial charge in [0.15, 0.2) is 0 Å². The number of aromatic nitrogens is 1. The Hall–Kier alpha value is -3.88. The number of para-hydroxylation sites is 1. The molecule has 5 aromatic carbocycles. The van der Waals surface area contributed by atoms with Crippen LogP contribution in [-0.2, 0) is 6.42 Å². The highest BCUT2D eigenvalue weighted by atomic mass is 32.1. The average Bonchev–Trinajstić information content (AvgIpc) is 3.44. The average molecular weight is 454 g/mol. The van der Waals surface area contributed by atoms with Crippen LogP contribution in [0.25, 0.3) is 58.8 Å². The normalized spacial score (nSPS) is 11.8. The second-order valence-corrected chi connectivity index (χ2v) is 9.94. The summed E-state index contributed by atoms with van der Waals surface area (Å²) in [7, 11) is 0. The van der Waals surface area contributed by atoms with Crippen LogP contribution in [0.5, 0.6) is 0 Å². The van der Waals surface area contributed by atoms with E-state index in [9.17, 15) is 0 Å². The minimum Gasteiger partial charge on any atom is -0.308 e. The van der Waals surface area contributed by atoms with Gasteiger partial charge in [0, 0.05) is 26.2 Å². The Kier molecular flexibility index (Phi) is 4.36. The minimum atomic E-state index is 1.07. The zero-order valence-corrected chi connectivity index (χ0v) is 19.8. The molecule has 2 heteroatoms. The Labute approximate surface area is 202 Å². The second kappa shape index (κ2) is 7.58. The van der Waals surface area contributed by atoms with Crippen LogP contribution in [0, 0.1) is 0 Å². The van der Waals surface area contributed by atoms with Gasteiger partial charge < -0.3 is 4.57 Å². The van der Waals surface area contributed by atoms with E-state index >= 15 is 0 Å². The van der Waals surface area contributed by atoms with Crippen molar-refractivity contribution in [2.24, 2.45) is 0 Å². The number of aryl methyl sites for hydroxylation is 1. The van der Waals surface area contributed by atoms with Crippen molar-refractivity contribution in [2.75, 3.05) is 0 Å². The largest absolute Gasteiger partial charge is 0.308 e. The van der Waals surface area contributed by atoms with Crippen molar-refractivity contribution in [1.29, 1.82) is 0 Å². The Morgan fingerprint density at radius 3 is 2.15 bits per heavy atom. The topological polar surface area (TPSA) is 4.93 Å². The molecule has 2 heterocycles. The third kappa shape index (κ3) is 2.85. The summed E-state index contributed by atoms with van der Waals surface area (Å²) in [6.07, 6.45) is 1.07. The zero-order valence-electron chi connectivity index (χ0n) is 19.0. The molecule has 34 heavy (non-hydrogen) atoms. The summed E-state index contributed by atoms with van der Waals surface area (Å²) in [5.41, 5.74) is 7.66. The van der Waals surface area contributed by atoms with Gasteiger partial charge in [0.25, 0.3) is 0 Å². The van der Waals surface area contributed by atoms with E-state index in [-0.39, 0.29) is 0 Å². The monoisotopic (exact) mass is 453 g/mol. The van der Waals surface area contributed by atoms with Crippen LogP contribution >= 0.6 is 11.3 Å². The van der Waals surface area contributed by atoms with Gasteiger partial charge in [-0.1, -0.05) is 85.8 Å². The number of hydrogen-bond acceptors (Lipinski definition) is 1. The number of thiophene rings is 1. The van der Waals surface area contributed by atoms with Gasteiger partial charge in [-0.2, -0.15) is 0 Å². The molecule has 0 radical (unpaired) electrons. The first-order valence-electron chi connectivity index (χ1n) is 11.8. The van der Waals surface area contributed by atoms with E-state index in [1.165, 1.54) is 64.4 Å². The maximum atomic E-state index is 2.45. The maximum Gasteiger partial charge on any atom is 0.0640 e. The van der Waals surface area contributed by atoms with Gasteiger partial charge in [0.2, 0.25) is 0 Å². The molecule has 0 aliphatic heterocycles.